The third-order valence-corrected chi connectivity index (χ3v) is 12.8. The Hall–Kier alpha value is -3.38. The summed E-state index contributed by atoms with van der Waals surface area (Å²) in [4.78, 5) is 44.4. The normalized spacial score (nSPS) is 15.8. The standard InChI is InChI=1S/C32H51N3O8Si/c1-8-39-27(36)23-26(28(37)40-9-2)43-34-29(33)32(17-13-14-22-42-44(6,7)31(3,4)5)18-20-35(21-19-32)30(38)41-24-25-15-11-10-12-16-25/h10-12,15-16,23H,8-9,13-14,17-22,24H2,1-7H3,(H2,33,34)/b26-23+. The van der Waals surface area contributed by atoms with Crippen LogP contribution in [0.1, 0.15) is 72.3 Å². The number of esters is 2. The Labute approximate surface area is 263 Å². The average molecular weight is 634 g/mol. The van der Waals surface area contributed by atoms with Crippen molar-refractivity contribution < 1.29 is 37.9 Å². The predicted octanol–water partition coefficient (Wildman–Crippen LogP) is 5.90. The number of amidine groups is 1. The Morgan fingerprint density at radius 2 is 1.64 bits per heavy atom. The first-order valence-electron chi connectivity index (χ1n) is 15.4. The summed E-state index contributed by atoms with van der Waals surface area (Å²) in [6, 6.07) is 9.51. The van der Waals surface area contributed by atoms with E-state index >= 15 is 0 Å². The van der Waals surface area contributed by atoms with Crippen molar-refractivity contribution >= 4 is 32.2 Å². The second kappa shape index (κ2) is 17.2. The number of unbranched alkanes of at least 4 members (excludes halogenated alkanes) is 1. The number of amides is 1. The lowest BCUT2D eigenvalue weighted by Crippen LogP contribution is -2.49. The molecule has 0 spiro atoms. The quantitative estimate of drug-likeness (QED) is 0.0288. The maximum Gasteiger partial charge on any atom is 0.410 e. The van der Waals surface area contributed by atoms with Gasteiger partial charge in [0.05, 0.1) is 19.3 Å². The Kier molecular flexibility index (Phi) is 14.4. The van der Waals surface area contributed by atoms with Crippen molar-refractivity contribution in [1.82, 2.24) is 4.90 Å². The first-order chi connectivity index (χ1) is 20.7. The lowest BCUT2D eigenvalue weighted by atomic mass is 9.73. The van der Waals surface area contributed by atoms with Crippen molar-refractivity contribution in [2.24, 2.45) is 16.3 Å². The number of hydrogen-bond acceptors (Lipinski definition) is 9. The minimum absolute atomic E-state index is 0.0820. The minimum Gasteiger partial charge on any atom is -0.463 e. The summed E-state index contributed by atoms with van der Waals surface area (Å²) in [6.45, 7) is 16.3. The zero-order valence-corrected chi connectivity index (χ0v) is 28.5. The van der Waals surface area contributed by atoms with Crippen LogP contribution in [0.15, 0.2) is 47.3 Å². The summed E-state index contributed by atoms with van der Waals surface area (Å²) < 4.78 is 21.8. The SMILES string of the molecule is CCOC(=O)/C=C(/ON=C(N)C1(CCCCO[Si](C)(C)C(C)(C)C)CCN(C(=O)OCc2ccccc2)CC1)C(=O)OCC. The predicted molar refractivity (Wildman–Crippen MR) is 171 cm³/mol. The molecule has 1 aliphatic heterocycles. The van der Waals surface area contributed by atoms with Crippen LogP contribution < -0.4 is 5.73 Å². The second-order valence-corrected chi connectivity index (χ2v) is 17.2. The highest BCUT2D eigenvalue weighted by Gasteiger charge is 2.41. The summed E-state index contributed by atoms with van der Waals surface area (Å²) in [7, 11) is -1.87. The summed E-state index contributed by atoms with van der Waals surface area (Å²) in [5, 5.41) is 4.23. The smallest absolute Gasteiger partial charge is 0.410 e. The number of ether oxygens (including phenoxy) is 3. The van der Waals surface area contributed by atoms with Gasteiger partial charge in [0, 0.05) is 25.1 Å². The van der Waals surface area contributed by atoms with E-state index in [2.05, 4.69) is 39.0 Å². The molecular formula is C32H51N3O8Si. The molecular weight excluding hydrogens is 582 g/mol. The lowest BCUT2D eigenvalue weighted by molar-refractivity contribution is -0.144. The molecule has 2 rings (SSSR count). The third-order valence-electron chi connectivity index (χ3n) is 8.30. The summed E-state index contributed by atoms with van der Waals surface area (Å²) in [6.07, 6.45) is 3.87. The van der Waals surface area contributed by atoms with Gasteiger partial charge in [0.15, 0.2) is 8.32 Å². The van der Waals surface area contributed by atoms with Crippen LogP contribution in [0.4, 0.5) is 4.79 Å². The van der Waals surface area contributed by atoms with Gasteiger partial charge >= 0.3 is 18.0 Å². The minimum atomic E-state index is -1.87. The summed E-state index contributed by atoms with van der Waals surface area (Å²) in [5.74, 6) is -1.86. The average Bonchev–Trinajstić information content (AvgIpc) is 2.98. The van der Waals surface area contributed by atoms with E-state index in [0.29, 0.717) is 39.0 Å². The molecule has 0 saturated carbocycles. The Balaban J connectivity index is 2.16. The van der Waals surface area contributed by atoms with Crippen LogP contribution in [0.2, 0.25) is 18.1 Å². The maximum absolute atomic E-state index is 12.8. The monoisotopic (exact) mass is 633 g/mol. The molecule has 0 atom stereocenters. The Morgan fingerprint density at radius 1 is 1.00 bits per heavy atom. The molecule has 0 aromatic heterocycles. The molecule has 1 aromatic carbocycles. The first kappa shape index (κ1) is 36.8. The van der Waals surface area contributed by atoms with Gasteiger partial charge in [-0.05, 0) is 63.2 Å². The molecule has 0 bridgehead atoms. The van der Waals surface area contributed by atoms with E-state index < -0.39 is 31.4 Å². The van der Waals surface area contributed by atoms with Crippen LogP contribution in [0.25, 0.3) is 0 Å². The fraction of sp³-hybridized carbons (Fsp3) is 0.625. The van der Waals surface area contributed by atoms with Crippen molar-refractivity contribution in [3.63, 3.8) is 0 Å². The van der Waals surface area contributed by atoms with Crippen LogP contribution >= 0.6 is 0 Å². The zero-order valence-electron chi connectivity index (χ0n) is 27.5. The number of oxime groups is 1. The van der Waals surface area contributed by atoms with Crippen LogP contribution in [0.5, 0.6) is 0 Å². The van der Waals surface area contributed by atoms with E-state index in [0.717, 1.165) is 24.5 Å². The number of nitrogens with two attached hydrogens (primary N) is 1. The number of carbonyl (C=O) groups is 3. The molecule has 1 amide bonds. The number of hydrogen-bond donors (Lipinski definition) is 1. The van der Waals surface area contributed by atoms with Gasteiger partial charge in [0.2, 0.25) is 5.76 Å². The molecule has 0 radical (unpaired) electrons. The highest BCUT2D eigenvalue weighted by atomic mass is 28.4. The Morgan fingerprint density at radius 3 is 2.23 bits per heavy atom. The molecule has 1 aliphatic rings. The molecule has 44 heavy (non-hydrogen) atoms. The number of carbonyl (C=O) groups excluding carboxylic acids is 3. The van der Waals surface area contributed by atoms with Gasteiger partial charge < -0.3 is 34.1 Å². The fourth-order valence-corrected chi connectivity index (χ4v) is 5.57. The van der Waals surface area contributed by atoms with Gasteiger partial charge in [-0.25, -0.2) is 14.4 Å². The maximum atomic E-state index is 12.8. The highest BCUT2D eigenvalue weighted by molar-refractivity contribution is 6.74. The van der Waals surface area contributed by atoms with E-state index in [1.165, 1.54) is 0 Å². The van der Waals surface area contributed by atoms with Crippen molar-refractivity contribution in [1.29, 1.82) is 0 Å². The summed E-state index contributed by atoms with van der Waals surface area (Å²) >= 11 is 0. The first-order valence-corrected chi connectivity index (χ1v) is 18.3. The zero-order chi connectivity index (χ0) is 32.8. The molecule has 1 heterocycles. The van der Waals surface area contributed by atoms with E-state index in [-0.39, 0.29) is 36.8 Å². The van der Waals surface area contributed by atoms with Crippen molar-refractivity contribution in [3.05, 3.63) is 47.7 Å². The van der Waals surface area contributed by atoms with Gasteiger partial charge in [0.1, 0.15) is 12.4 Å². The second-order valence-electron chi connectivity index (χ2n) is 12.4. The Bertz CT molecular complexity index is 1140. The summed E-state index contributed by atoms with van der Waals surface area (Å²) in [5.41, 5.74) is 6.87. The largest absolute Gasteiger partial charge is 0.463 e. The third kappa shape index (κ3) is 11.3. The van der Waals surface area contributed by atoms with E-state index in [1.54, 1.807) is 18.7 Å². The van der Waals surface area contributed by atoms with Gasteiger partial charge in [-0.15, -0.1) is 0 Å². The van der Waals surface area contributed by atoms with Crippen LogP contribution in [0.3, 0.4) is 0 Å². The van der Waals surface area contributed by atoms with E-state index in [1.807, 2.05) is 30.3 Å². The molecule has 0 aliphatic carbocycles. The van der Waals surface area contributed by atoms with E-state index in [9.17, 15) is 14.4 Å². The molecule has 2 N–H and O–H groups in total. The number of piperidine rings is 1. The molecule has 11 nitrogen and oxygen atoms in total. The highest BCUT2D eigenvalue weighted by Crippen LogP contribution is 2.39. The van der Waals surface area contributed by atoms with E-state index in [4.69, 9.17) is 29.2 Å². The fourth-order valence-electron chi connectivity index (χ4n) is 4.48. The van der Waals surface area contributed by atoms with Crippen LogP contribution in [-0.2, 0) is 39.7 Å². The number of benzene rings is 1. The molecule has 0 unspecified atom stereocenters. The molecule has 1 aromatic rings. The van der Waals surface area contributed by atoms with Crippen molar-refractivity contribution in [2.75, 3.05) is 32.9 Å². The molecule has 246 valence electrons. The van der Waals surface area contributed by atoms with Gasteiger partial charge in [-0.3, -0.25) is 0 Å². The molecule has 12 heteroatoms. The number of nitrogens with zero attached hydrogens (tertiary/aromatic N) is 2. The van der Waals surface area contributed by atoms with Gasteiger partial charge in [-0.2, -0.15) is 0 Å². The topological polar surface area (TPSA) is 139 Å². The molecule has 1 saturated heterocycles. The molecule has 1 fully saturated rings. The van der Waals surface area contributed by atoms with Crippen molar-refractivity contribution in [3.8, 4) is 0 Å². The number of likely N-dealkylation sites (tertiary alicyclic amines) is 1. The van der Waals surface area contributed by atoms with Crippen LogP contribution in [-0.4, -0.2) is 70.0 Å². The van der Waals surface area contributed by atoms with Crippen LogP contribution in [0, 0.1) is 5.41 Å². The van der Waals surface area contributed by atoms with Gasteiger partial charge in [-0.1, -0.05) is 62.7 Å². The van der Waals surface area contributed by atoms with Gasteiger partial charge in [0.25, 0.3) is 0 Å². The lowest BCUT2D eigenvalue weighted by Gasteiger charge is -2.41. The number of rotatable bonds is 15. The van der Waals surface area contributed by atoms with Crippen molar-refractivity contribution in [2.45, 2.75) is 91.5 Å².